The first-order chi connectivity index (χ1) is 14.2. The summed E-state index contributed by atoms with van der Waals surface area (Å²) in [5.74, 6) is 2.31. The summed E-state index contributed by atoms with van der Waals surface area (Å²) < 4.78 is 18.0. The Morgan fingerprint density at radius 1 is 1.07 bits per heavy atom. The van der Waals surface area contributed by atoms with Gasteiger partial charge in [-0.15, -0.1) is 0 Å². The smallest absolute Gasteiger partial charge is 0.161 e. The third-order valence-corrected chi connectivity index (χ3v) is 5.07. The van der Waals surface area contributed by atoms with Crippen molar-refractivity contribution in [3.8, 4) is 22.8 Å². The Kier molecular flexibility index (Phi) is 5.82. The van der Waals surface area contributed by atoms with Crippen molar-refractivity contribution >= 4 is 11.5 Å². The fourth-order valence-electron chi connectivity index (χ4n) is 3.53. The van der Waals surface area contributed by atoms with Gasteiger partial charge in [-0.3, -0.25) is 4.90 Å². The fourth-order valence-corrected chi connectivity index (χ4v) is 3.53. The van der Waals surface area contributed by atoms with Crippen LogP contribution >= 0.6 is 0 Å². The number of aromatic nitrogens is 3. The Bertz CT molecular complexity index is 982. The molecule has 1 saturated heterocycles. The van der Waals surface area contributed by atoms with Crippen molar-refractivity contribution in [3.63, 3.8) is 0 Å². The number of aryl methyl sites for hydroxylation is 1. The molecule has 154 valence electrons. The maximum absolute atomic E-state index is 5.42. The number of fused-ring (bicyclic) bond motifs is 1. The molecule has 4 rings (SSSR count). The maximum atomic E-state index is 5.42. The van der Waals surface area contributed by atoms with E-state index in [9.17, 15) is 0 Å². The van der Waals surface area contributed by atoms with E-state index in [-0.39, 0.29) is 0 Å². The molecule has 0 amide bonds. The van der Waals surface area contributed by atoms with E-state index in [4.69, 9.17) is 19.3 Å². The van der Waals surface area contributed by atoms with E-state index in [1.54, 1.807) is 14.2 Å². The number of hydrogen-bond acceptors (Lipinski definition) is 7. The quantitative estimate of drug-likeness (QED) is 0.656. The van der Waals surface area contributed by atoms with E-state index in [2.05, 4.69) is 15.2 Å². The van der Waals surface area contributed by atoms with Gasteiger partial charge >= 0.3 is 0 Å². The summed E-state index contributed by atoms with van der Waals surface area (Å²) in [6.07, 6.45) is 0. The van der Waals surface area contributed by atoms with E-state index >= 15 is 0 Å². The first-order valence-electron chi connectivity index (χ1n) is 9.82. The van der Waals surface area contributed by atoms with Gasteiger partial charge in [0.2, 0.25) is 0 Å². The molecule has 1 N–H and O–H groups in total. The minimum atomic E-state index is 0.676. The van der Waals surface area contributed by atoms with Crippen LogP contribution in [0.2, 0.25) is 0 Å². The number of ether oxygens (including phenoxy) is 3. The lowest BCUT2D eigenvalue weighted by atomic mass is 10.1. The van der Waals surface area contributed by atoms with Crippen LogP contribution in [0, 0.1) is 6.92 Å². The molecule has 1 aliphatic rings. The molecule has 1 aliphatic heterocycles. The Morgan fingerprint density at radius 3 is 2.62 bits per heavy atom. The van der Waals surface area contributed by atoms with Gasteiger partial charge < -0.3 is 19.5 Å². The van der Waals surface area contributed by atoms with Gasteiger partial charge in [-0.2, -0.15) is 9.61 Å². The highest BCUT2D eigenvalue weighted by Crippen LogP contribution is 2.32. The Hall–Kier alpha value is -2.84. The molecule has 8 nitrogen and oxygen atoms in total. The number of anilines is 1. The number of morpholine rings is 1. The van der Waals surface area contributed by atoms with E-state index in [1.165, 1.54) is 0 Å². The lowest BCUT2D eigenvalue weighted by Crippen LogP contribution is -2.39. The summed E-state index contributed by atoms with van der Waals surface area (Å²) in [5.41, 5.74) is 3.54. The van der Waals surface area contributed by atoms with Gasteiger partial charge in [0.05, 0.1) is 33.1 Å². The summed E-state index contributed by atoms with van der Waals surface area (Å²) in [5, 5.41) is 8.30. The SMILES string of the molecule is COc1ccc(-c2cc3nc(C)cc(NCCN4CCOCC4)n3n2)cc1OC. The van der Waals surface area contributed by atoms with Crippen LogP contribution in [0.3, 0.4) is 0 Å². The number of hydrogen-bond donors (Lipinski definition) is 1. The van der Waals surface area contributed by atoms with E-state index in [0.29, 0.717) is 11.5 Å². The average Bonchev–Trinajstić information content (AvgIpc) is 3.18. The van der Waals surface area contributed by atoms with Gasteiger partial charge in [0.15, 0.2) is 17.1 Å². The summed E-state index contributed by atoms with van der Waals surface area (Å²) >= 11 is 0. The molecule has 0 bridgehead atoms. The zero-order valence-corrected chi connectivity index (χ0v) is 17.1. The van der Waals surface area contributed by atoms with Crippen LogP contribution in [0.15, 0.2) is 30.3 Å². The first kappa shape index (κ1) is 19.5. The summed E-state index contributed by atoms with van der Waals surface area (Å²) in [6.45, 7) is 7.39. The van der Waals surface area contributed by atoms with Crippen LogP contribution < -0.4 is 14.8 Å². The topological polar surface area (TPSA) is 73.2 Å². The maximum Gasteiger partial charge on any atom is 0.161 e. The summed E-state index contributed by atoms with van der Waals surface area (Å²) in [7, 11) is 3.26. The normalized spacial score (nSPS) is 14.9. The molecule has 0 atom stereocenters. The second-order valence-electron chi connectivity index (χ2n) is 7.03. The molecular formula is C21H27N5O3. The largest absolute Gasteiger partial charge is 0.493 e. The number of rotatable bonds is 7. The Labute approximate surface area is 170 Å². The number of nitrogens with zero attached hydrogens (tertiary/aromatic N) is 4. The monoisotopic (exact) mass is 397 g/mol. The van der Waals surface area contributed by atoms with Crippen molar-refractivity contribution in [2.45, 2.75) is 6.92 Å². The summed E-state index contributed by atoms with van der Waals surface area (Å²) in [4.78, 5) is 7.04. The van der Waals surface area contributed by atoms with E-state index < -0.39 is 0 Å². The van der Waals surface area contributed by atoms with Crippen LogP contribution in [-0.4, -0.2) is 73.1 Å². The lowest BCUT2D eigenvalue weighted by Gasteiger charge is -2.26. The standard InChI is InChI=1S/C21H27N5O3/c1-15-12-20(22-6-7-25-8-10-29-11-9-25)26-21(23-15)14-17(24-26)16-4-5-18(27-2)19(13-16)28-3/h4-5,12-14,22H,6-11H2,1-3H3. The molecule has 3 heterocycles. The predicted octanol–water partition coefficient (Wildman–Crippen LogP) is 2.47. The molecule has 0 radical (unpaired) electrons. The Balaban J connectivity index is 1.57. The summed E-state index contributed by atoms with van der Waals surface area (Å²) in [6, 6.07) is 9.80. The minimum Gasteiger partial charge on any atom is -0.493 e. The van der Waals surface area contributed by atoms with Gasteiger partial charge in [-0.05, 0) is 25.1 Å². The molecule has 29 heavy (non-hydrogen) atoms. The molecule has 0 aliphatic carbocycles. The fraction of sp³-hybridized carbons (Fsp3) is 0.429. The van der Waals surface area contributed by atoms with Crippen molar-refractivity contribution in [2.75, 3.05) is 58.9 Å². The molecule has 3 aromatic rings. The Morgan fingerprint density at radius 2 is 1.86 bits per heavy atom. The van der Waals surface area contributed by atoms with Gasteiger partial charge in [0.25, 0.3) is 0 Å². The molecule has 2 aromatic heterocycles. The molecular weight excluding hydrogens is 370 g/mol. The molecule has 1 aromatic carbocycles. The van der Waals surface area contributed by atoms with Crippen LogP contribution in [-0.2, 0) is 4.74 Å². The first-order valence-corrected chi connectivity index (χ1v) is 9.82. The number of nitrogens with one attached hydrogen (secondary N) is 1. The molecule has 0 saturated carbocycles. The molecule has 1 fully saturated rings. The molecule has 0 unspecified atom stereocenters. The third-order valence-electron chi connectivity index (χ3n) is 5.07. The third kappa shape index (κ3) is 4.28. The van der Waals surface area contributed by atoms with Crippen LogP contribution in [0.4, 0.5) is 5.82 Å². The highest BCUT2D eigenvalue weighted by molar-refractivity contribution is 5.68. The van der Waals surface area contributed by atoms with Crippen molar-refractivity contribution < 1.29 is 14.2 Å². The highest BCUT2D eigenvalue weighted by Gasteiger charge is 2.13. The van der Waals surface area contributed by atoms with Crippen LogP contribution in [0.25, 0.3) is 16.9 Å². The van der Waals surface area contributed by atoms with Crippen molar-refractivity contribution in [1.29, 1.82) is 0 Å². The highest BCUT2D eigenvalue weighted by atomic mass is 16.5. The lowest BCUT2D eigenvalue weighted by molar-refractivity contribution is 0.0398. The predicted molar refractivity (Wildman–Crippen MR) is 112 cm³/mol. The van der Waals surface area contributed by atoms with Gasteiger partial charge in [-0.25, -0.2) is 4.98 Å². The van der Waals surface area contributed by atoms with E-state index in [1.807, 2.05) is 41.8 Å². The number of benzene rings is 1. The van der Waals surface area contributed by atoms with Gasteiger partial charge in [0, 0.05) is 49.6 Å². The van der Waals surface area contributed by atoms with Crippen molar-refractivity contribution in [2.24, 2.45) is 0 Å². The number of methoxy groups -OCH3 is 2. The average molecular weight is 397 g/mol. The zero-order valence-electron chi connectivity index (χ0n) is 17.1. The molecule has 0 spiro atoms. The van der Waals surface area contributed by atoms with Crippen LogP contribution in [0.5, 0.6) is 11.5 Å². The second kappa shape index (κ2) is 8.67. The van der Waals surface area contributed by atoms with Crippen molar-refractivity contribution in [1.82, 2.24) is 19.5 Å². The molecule has 8 heteroatoms. The minimum absolute atomic E-state index is 0.676. The van der Waals surface area contributed by atoms with Gasteiger partial charge in [-0.1, -0.05) is 0 Å². The second-order valence-corrected chi connectivity index (χ2v) is 7.03. The zero-order chi connectivity index (χ0) is 20.2. The van der Waals surface area contributed by atoms with Crippen LogP contribution in [0.1, 0.15) is 5.69 Å². The van der Waals surface area contributed by atoms with Gasteiger partial charge in [0.1, 0.15) is 5.82 Å². The van der Waals surface area contributed by atoms with Crippen molar-refractivity contribution in [3.05, 3.63) is 36.0 Å². The van der Waals surface area contributed by atoms with E-state index in [0.717, 1.165) is 67.8 Å².